The lowest BCUT2D eigenvalue weighted by Crippen LogP contribution is -2.11. The lowest BCUT2D eigenvalue weighted by Gasteiger charge is -2.10. The van der Waals surface area contributed by atoms with E-state index in [4.69, 9.17) is 9.47 Å². The van der Waals surface area contributed by atoms with Gasteiger partial charge in [0, 0.05) is 18.3 Å². The first-order valence-electron chi connectivity index (χ1n) is 6.05. The fourth-order valence-electron chi connectivity index (χ4n) is 1.65. The molecule has 0 fully saturated rings. The fourth-order valence-corrected chi connectivity index (χ4v) is 1.65. The van der Waals surface area contributed by atoms with Gasteiger partial charge < -0.3 is 14.8 Å². The maximum absolute atomic E-state index is 13.2. The Labute approximate surface area is 112 Å². The van der Waals surface area contributed by atoms with Crippen molar-refractivity contribution in [2.45, 2.75) is 0 Å². The molecule has 0 atom stereocenters. The minimum absolute atomic E-state index is 0.231. The topological polar surface area (TPSA) is 30.5 Å². The second kappa shape index (κ2) is 6.64. The van der Waals surface area contributed by atoms with Crippen molar-refractivity contribution >= 4 is 5.69 Å². The van der Waals surface area contributed by atoms with E-state index in [1.807, 2.05) is 30.3 Å². The molecular formula is C15H16FNO2. The first kappa shape index (κ1) is 13.2. The van der Waals surface area contributed by atoms with Crippen LogP contribution in [0.3, 0.4) is 0 Å². The molecule has 0 bridgehead atoms. The molecule has 0 unspecified atom stereocenters. The average Bonchev–Trinajstić information content (AvgIpc) is 2.46. The number of nitrogens with one attached hydrogen (secondary N) is 1. The Balaban J connectivity index is 1.80. The number of hydrogen-bond donors (Lipinski definition) is 1. The van der Waals surface area contributed by atoms with Crippen LogP contribution in [0.25, 0.3) is 0 Å². The molecule has 0 aliphatic rings. The first-order chi connectivity index (χ1) is 9.29. The zero-order valence-electron chi connectivity index (χ0n) is 10.7. The number of ether oxygens (including phenoxy) is 2. The van der Waals surface area contributed by atoms with E-state index in [-0.39, 0.29) is 11.6 Å². The van der Waals surface area contributed by atoms with Crippen molar-refractivity contribution in [3.05, 3.63) is 54.3 Å². The molecule has 0 amide bonds. The van der Waals surface area contributed by atoms with Gasteiger partial charge in [-0.1, -0.05) is 18.2 Å². The lowest BCUT2D eigenvalue weighted by atomic mass is 10.3. The standard InChI is InChI=1S/C15H16FNO2/c1-18-15-11-12(7-8-14(15)16)17-9-10-19-13-5-3-2-4-6-13/h2-8,11,17H,9-10H2,1H3. The van der Waals surface area contributed by atoms with E-state index in [2.05, 4.69) is 5.32 Å². The monoisotopic (exact) mass is 261 g/mol. The lowest BCUT2D eigenvalue weighted by molar-refractivity contribution is 0.333. The highest BCUT2D eigenvalue weighted by atomic mass is 19.1. The van der Waals surface area contributed by atoms with Gasteiger partial charge in [-0.3, -0.25) is 0 Å². The van der Waals surface area contributed by atoms with Gasteiger partial charge in [0.2, 0.25) is 0 Å². The van der Waals surface area contributed by atoms with E-state index in [1.54, 1.807) is 12.1 Å². The summed E-state index contributed by atoms with van der Waals surface area (Å²) in [6.07, 6.45) is 0. The third-order valence-corrected chi connectivity index (χ3v) is 2.59. The number of rotatable bonds is 6. The molecule has 0 heterocycles. The van der Waals surface area contributed by atoms with Crippen LogP contribution >= 0.6 is 0 Å². The van der Waals surface area contributed by atoms with Gasteiger partial charge in [-0.15, -0.1) is 0 Å². The van der Waals surface area contributed by atoms with E-state index in [0.717, 1.165) is 11.4 Å². The normalized spacial score (nSPS) is 10.0. The Morgan fingerprint density at radius 3 is 2.63 bits per heavy atom. The van der Waals surface area contributed by atoms with Gasteiger partial charge in [-0.05, 0) is 24.3 Å². The molecule has 0 aliphatic heterocycles. The van der Waals surface area contributed by atoms with Gasteiger partial charge in [-0.25, -0.2) is 4.39 Å². The molecule has 0 saturated carbocycles. The Morgan fingerprint density at radius 2 is 1.89 bits per heavy atom. The van der Waals surface area contributed by atoms with E-state index in [1.165, 1.54) is 13.2 Å². The minimum atomic E-state index is -0.367. The van der Waals surface area contributed by atoms with Crippen molar-refractivity contribution in [3.8, 4) is 11.5 Å². The van der Waals surface area contributed by atoms with Crippen molar-refractivity contribution in [1.29, 1.82) is 0 Å². The highest BCUT2D eigenvalue weighted by molar-refractivity contribution is 5.48. The second-order valence-corrected chi connectivity index (χ2v) is 3.94. The van der Waals surface area contributed by atoms with E-state index in [9.17, 15) is 4.39 Å². The number of methoxy groups -OCH3 is 1. The summed E-state index contributed by atoms with van der Waals surface area (Å²) in [6.45, 7) is 1.16. The summed E-state index contributed by atoms with van der Waals surface area (Å²) < 4.78 is 23.7. The van der Waals surface area contributed by atoms with Gasteiger partial charge >= 0.3 is 0 Å². The van der Waals surface area contributed by atoms with Crippen LogP contribution in [0.5, 0.6) is 11.5 Å². The number of para-hydroxylation sites is 1. The van der Waals surface area contributed by atoms with Crippen LogP contribution in [-0.2, 0) is 0 Å². The van der Waals surface area contributed by atoms with Crippen LogP contribution in [0, 0.1) is 5.82 Å². The van der Waals surface area contributed by atoms with Crippen molar-refractivity contribution < 1.29 is 13.9 Å². The summed E-state index contributed by atoms with van der Waals surface area (Å²) >= 11 is 0. The molecule has 1 N–H and O–H groups in total. The number of anilines is 1. The smallest absolute Gasteiger partial charge is 0.165 e. The average molecular weight is 261 g/mol. The van der Waals surface area contributed by atoms with Crippen LogP contribution in [0.1, 0.15) is 0 Å². The zero-order chi connectivity index (χ0) is 13.5. The van der Waals surface area contributed by atoms with E-state index in [0.29, 0.717) is 13.2 Å². The maximum atomic E-state index is 13.2. The van der Waals surface area contributed by atoms with Crippen LogP contribution in [-0.4, -0.2) is 20.3 Å². The predicted octanol–water partition coefficient (Wildman–Crippen LogP) is 3.33. The quantitative estimate of drug-likeness (QED) is 0.809. The highest BCUT2D eigenvalue weighted by Gasteiger charge is 2.02. The van der Waals surface area contributed by atoms with Crippen molar-refractivity contribution in [2.24, 2.45) is 0 Å². The molecule has 0 aromatic heterocycles. The Hall–Kier alpha value is -2.23. The minimum Gasteiger partial charge on any atom is -0.494 e. The van der Waals surface area contributed by atoms with Crippen LogP contribution in [0.15, 0.2) is 48.5 Å². The van der Waals surface area contributed by atoms with Crippen LogP contribution in [0.2, 0.25) is 0 Å². The highest BCUT2D eigenvalue weighted by Crippen LogP contribution is 2.21. The third kappa shape index (κ3) is 3.88. The molecule has 2 aromatic carbocycles. The molecule has 100 valence electrons. The van der Waals surface area contributed by atoms with Gasteiger partial charge in [0.15, 0.2) is 11.6 Å². The number of halogens is 1. The van der Waals surface area contributed by atoms with Gasteiger partial charge in [0.25, 0.3) is 0 Å². The van der Waals surface area contributed by atoms with E-state index < -0.39 is 0 Å². The molecule has 3 nitrogen and oxygen atoms in total. The predicted molar refractivity (Wildman–Crippen MR) is 73.4 cm³/mol. The number of benzene rings is 2. The molecule has 4 heteroatoms. The molecule has 19 heavy (non-hydrogen) atoms. The molecule has 0 spiro atoms. The summed E-state index contributed by atoms with van der Waals surface area (Å²) in [6, 6.07) is 14.3. The molecule has 2 rings (SSSR count). The molecule has 0 aliphatic carbocycles. The third-order valence-electron chi connectivity index (χ3n) is 2.59. The zero-order valence-corrected chi connectivity index (χ0v) is 10.7. The summed E-state index contributed by atoms with van der Waals surface area (Å²) in [7, 11) is 1.45. The summed E-state index contributed by atoms with van der Waals surface area (Å²) in [5.41, 5.74) is 0.801. The van der Waals surface area contributed by atoms with Gasteiger partial charge in [0.05, 0.1) is 7.11 Å². The Morgan fingerprint density at radius 1 is 1.11 bits per heavy atom. The molecule has 2 aromatic rings. The van der Waals surface area contributed by atoms with E-state index >= 15 is 0 Å². The van der Waals surface area contributed by atoms with Gasteiger partial charge in [0.1, 0.15) is 12.4 Å². The molecule has 0 radical (unpaired) electrons. The fraction of sp³-hybridized carbons (Fsp3) is 0.200. The second-order valence-electron chi connectivity index (χ2n) is 3.94. The molecular weight excluding hydrogens is 245 g/mol. The first-order valence-corrected chi connectivity index (χ1v) is 6.05. The van der Waals surface area contributed by atoms with Crippen molar-refractivity contribution in [1.82, 2.24) is 0 Å². The maximum Gasteiger partial charge on any atom is 0.165 e. The van der Waals surface area contributed by atoms with Crippen LogP contribution in [0.4, 0.5) is 10.1 Å². The SMILES string of the molecule is COc1cc(NCCOc2ccccc2)ccc1F. The number of hydrogen-bond acceptors (Lipinski definition) is 3. The largest absolute Gasteiger partial charge is 0.494 e. The van der Waals surface area contributed by atoms with Crippen LogP contribution < -0.4 is 14.8 Å². The summed E-state index contributed by atoms with van der Waals surface area (Å²) in [4.78, 5) is 0. The van der Waals surface area contributed by atoms with Crippen molar-refractivity contribution in [2.75, 3.05) is 25.6 Å². The summed E-state index contributed by atoms with van der Waals surface area (Å²) in [5, 5.41) is 3.15. The Kier molecular flexibility index (Phi) is 4.61. The summed E-state index contributed by atoms with van der Waals surface area (Å²) in [5.74, 6) is 0.698. The Bertz CT molecular complexity index is 517. The van der Waals surface area contributed by atoms with Gasteiger partial charge in [-0.2, -0.15) is 0 Å². The molecule has 0 saturated heterocycles. The van der Waals surface area contributed by atoms with Crippen molar-refractivity contribution in [3.63, 3.8) is 0 Å².